The van der Waals surface area contributed by atoms with Crippen molar-refractivity contribution in [2.45, 2.75) is 32.5 Å². The Morgan fingerprint density at radius 3 is 2.61 bits per heavy atom. The quantitative estimate of drug-likeness (QED) is 0.576. The Hall–Kier alpha value is -2.80. The number of hydrogen-bond acceptors (Lipinski definition) is 5. The molecule has 2 aromatic carbocycles. The summed E-state index contributed by atoms with van der Waals surface area (Å²) in [6.07, 6.45) is 0.870. The van der Waals surface area contributed by atoms with Crippen LogP contribution in [0.2, 0.25) is 5.02 Å². The minimum Gasteiger partial charge on any atom is -0.379 e. The van der Waals surface area contributed by atoms with E-state index in [1.165, 1.54) is 5.56 Å². The average molecular weight is 465 g/mol. The normalized spacial score (nSPS) is 17.0. The number of benzene rings is 2. The second-order valence-electron chi connectivity index (χ2n) is 8.65. The zero-order chi connectivity index (χ0) is 22.8. The molecule has 0 aliphatic carbocycles. The van der Waals surface area contributed by atoms with E-state index in [1.807, 2.05) is 39.9 Å². The van der Waals surface area contributed by atoms with Crippen molar-refractivity contribution in [2.75, 3.05) is 36.7 Å². The molecule has 7 heteroatoms. The summed E-state index contributed by atoms with van der Waals surface area (Å²) < 4.78 is 7.50. The molecule has 1 unspecified atom stereocenters. The molecule has 1 fully saturated rings. The van der Waals surface area contributed by atoms with Crippen molar-refractivity contribution in [3.05, 3.63) is 92.9 Å². The number of aromatic nitrogens is 1. The summed E-state index contributed by atoms with van der Waals surface area (Å²) in [6.45, 7) is 6.75. The second kappa shape index (κ2) is 9.59. The number of morpholine rings is 1. The molecule has 3 aromatic rings. The molecule has 1 saturated heterocycles. The van der Waals surface area contributed by atoms with Gasteiger partial charge in [-0.25, -0.2) is 0 Å². The summed E-state index contributed by atoms with van der Waals surface area (Å²) >= 11 is 6.18. The van der Waals surface area contributed by atoms with Crippen molar-refractivity contribution in [3.8, 4) is 0 Å². The molecular formula is C26H29ClN4O2. The lowest BCUT2D eigenvalue weighted by molar-refractivity contribution is 0.0132. The molecule has 2 aliphatic rings. The highest BCUT2D eigenvalue weighted by Gasteiger charge is 2.26. The van der Waals surface area contributed by atoms with Gasteiger partial charge >= 0.3 is 0 Å². The summed E-state index contributed by atoms with van der Waals surface area (Å²) in [4.78, 5) is 15.6. The molecule has 2 aliphatic heterocycles. The predicted octanol–water partition coefficient (Wildman–Crippen LogP) is 4.62. The van der Waals surface area contributed by atoms with Crippen molar-refractivity contribution in [1.82, 2.24) is 9.47 Å². The number of hydrogen-bond donors (Lipinski definition) is 1. The first-order valence-corrected chi connectivity index (χ1v) is 11.9. The first kappa shape index (κ1) is 22.0. The topological polar surface area (TPSA) is 49.7 Å². The van der Waals surface area contributed by atoms with Crippen LogP contribution in [0.4, 0.5) is 11.4 Å². The van der Waals surface area contributed by atoms with Crippen molar-refractivity contribution >= 4 is 23.0 Å². The molecule has 33 heavy (non-hydrogen) atoms. The van der Waals surface area contributed by atoms with Gasteiger partial charge in [-0.15, -0.1) is 0 Å². The molecule has 3 heterocycles. The first-order valence-electron chi connectivity index (χ1n) is 11.5. The summed E-state index contributed by atoms with van der Waals surface area (Å²) in [5.74, 6) is 0. The summed E-state index contributed by atoms with van der Waals surface area (Å²) in [5, 5.41) is 2.73. The number of nitrogens with zero attached hydrogens (tertiary/aromatic N) is 3. The molecular weight excluding hydrogens is 436 g/mol. The van der Waals surface area contributed by atoms with Crippen LogP contribution in [0.5, 0.6) is 0 Å². The molecule has 0 amide bonds. The Balaban J connectivity index is 1.38. The molecule has 1 N–H and O–H groups in total. The lowest BCUT2D eigenvalue weighted by Gasteiger charge is -2.35. The number of pyridine rings is 1. The molecule has 0 bridgehead atoms. The number of rotatable bonds is 6. The Labute approximate surface area is 199 Å². The van der Waals surface area contributed by atoms with Crippen LogP contribution in [-0.4, -0.2) is 35.8 Å². The standard InChI is InChI=1S/C26H29ClN4O2/c1-19-23-18-31(22-9-5-8-21(27)16-22)28-24(23)17-26(32)30(19)11-10-25(20-6-3-2-4-7-20)29-12-14-33-15-13-29/h2-9,16-17,25,28H,10-15,18H2,1H3. The zero-order valence-corrected chi connectivity index (χ0v) is 19.6. The zero-order valence-electron chi connectivity index (χ0n) is 18.8. The lowest BCUT2D eigenvalue weighted by atomic mass is 10.0. The second-order valence-corrected chi connectivity index (χ2v) is 9.09. The van der Waals surface area contributed by atoms with Crippen LogP contribution in [-0.2, 0) is 17.8 Å². The molecule has 5 rings (SSSR count). The van der Waals surface area contributed by atoms with E-state index in [1.54, 1.807) is 6.07 Å². The van der Waals surface area contributed by atoms with E-state index in [0.717, 1.165) is 55.4 Å². The van der Waals surface area contributed by atoms with Gasteiger partial charge in [0, 0.05) is 48.0 Å². The van der Waals surface area contributed by atoms with E-state index in [9.17, 15) is 4.79 Å². The fourth-order valence-electron chi connectivity index (χ4n) is 4.91. The molecule has 1 aromatic heterocycles. The molecule has 6 nitrogen and oxygen atoms in total. The number of hydrazine groups is 1. The van der Waals surface area contributed by atoms with Crippen LogP contribution < -0.4 is 16.0 Å². The minimum absolute atomic E-state index is 0.0282. The van der Waals surface area contributed by atoms with Crippen molar-refractivity contribution in [2.24, 2.45) is 0 Å². The van der Waals surface area contributed by atoms with Gasteiger partial charge < -0.3 is 9.30 Å². The van der Waals surface area contributed by atoms with Gasteiger partial charge in [0.05, 0.1) is 31.1 Å². The van der Waals surface area contributed by atoms with Crippen LogP contribution in [0.1, 0.15) is 29.3 Å². The maximum atomic E-state index is 13.1. The minimum atomic E-state index is 0.0282. The Morgan fingerprint density at radius 2 is 1.85 bits per heavy atom. The number of fused-ring (bicyclic) bond motifs is 1. The fourth-order valence-corrected chi connectivity index (χ4v) is 5.09. The Bertz CT molecular complexity index is 1170. The van der Waals surface area contributed by atoms with E-state index in [0.29, 0.717) is 18.1 Å². The number of halogens is 1. The third kappa shape index (κ3) is 4.64. The predicted molar refractivity (Wildman–Crippen MR) is 133 cm³/mol. The highest BCUT2D eigenvalue weighted by molar-refractivity contribution is 6.30. The highest BCUT2D eigenvalue weighted by atomic mass is 35.5. The molecule has 0 spiro atoms. The van der Waals surface area contributed by atoms with Gasteiger partial charge in [-0.05, 0) is 37.1 Å². The third-order valence-electron chi connectivity index (χ3n) is 6.69. The number of anilines is 2. The lowest BCUT2D eigenvalue weighted by Crippen LogP contribution is -2.39. The summed E-state index contributed by atoms with van der Waals surface area (Å²) in [6, 6.07) is 20.3. The van der Waals surface area contributed by atoms with Gasteiger partial charge in [-0.3, -0.25) is 20.1 Å². The van der Waals surface area contributed by atoms with E-state index in [-0.39, 0.29) is 11.6 Å². The number of nitrogens with one attached hydrogen (secondary N) is 1. The SMILES string of the molecule is Cc1c2c(cc(=O)n1CCC(c1ccccc1)N1CCOCC1)NN(c1cccc(Cl)c1)C2. The molecule has 1 atom stereocenters. The Morgan fingerprint density at radius 1 is 1.06 bits per heavy atom. The van der Waals surface area contributed by atoms with Crippen LogP contribution in [0.25, 0.3) is 0 Å². The van der Waals surface area contributed by atoms with Gasteiger partial charge in [-0.2, -0.15) is 0 Å². The van der Waals surface area contributed by atoms with Crippen LogP contribution in [0.15, 0.2) is 65.5 Å². The van der Waals surface area contributed by atoms with E-state index in [4.69, 9.17) is 16.3 Å². The van der Waals surface area contributed by atoms with Gasteiger partial charge in [-0.1, -0.05) is 48.0 Å². The third-order valence-corrected chi connectivity index (χ3v) is 6.92. The highest BCUT2D eigenvalue weighted by Crippen LogP contribution is 2.32. The van der Waals surface area contributed by atoms with Gasteiger partial charge in [0.2, 0.25) is 0 Å². The van der Waals surface area contributed by atoms with Crippen LogP contribution in [0, 0.1) is 6.92 Å². The van der Waals surface area contributed by atoms with Crippen LogP contribution >= 0.6 is 11.6 Å². The van der Waals surface area contributed by atoms with Gasteiger partial charge in [0.1, 0.15) is 0 Å². The molecule has 0 saturated carbocycles. The Kier molecular flexibility index (Phi) is 6.40. The molecule has 172 valence electrons. The summed E-state index contributed by atoms with van der Waals surface area (Å²) in [7, 11) is 0. The van der Waals surface area contributed by atoms with Crippen molar-refractivity contribution in [1.29, 1.82) is 0 Å². The maximum Gasteiger partial charge on any atom is 0.252 e. The maximum absolute atomic E-state index is 13.1. The average Bonchev–Trinajstić information content (AvgIpc) is 3.27. The largest absolute Gasteiger partial charge is 0.379 e. The van der Waals surface area contributed by atoms with Crippen molar-refractivity contribution < 1.29 is 4.74 Å². The van der Waals surface area contributed by atoms with E-state index >= 15 is 0 Å². The fraction of sp³-hybridized carbons (Fsp3) is 0.346. The summed E-state index contributed by atoms with van der Waals surface area (Å²) in [5.41, 5.74) is 8.71. The smallest absolute Gasteiger partial charge is 0.252 e. The van der Waals surface area contributed by atoms with Gasteiger partial charge in [0.25, 0.3) is 5.56 Å². The monoisotopic (exact) mass is 464 g/mol. The number of ether oxygens (including phenoxy) is 1. The van der Waals surface area contributed by atoms with Crippen LogP contribution in [0.3, 0.4) is 0 Å². The van der Waals surface area contributed by atoms with Crippen molar-refractivity contribution in [3.63, 3.8) is 0 Å². The van der Waals surface area contributed by atoms with E-state index in [2.05, 4.69) is 41.5 Å². The van der Waals surface area contributed by atoms with Gasteiger partial charge in [0.15, 0.2) is 0 Å². The first-order chi connectivity index (χ1) is 16.1. The van der Waals surface area contributed by atoms with E-state index < -0.39 is 0 Å². The molecule has 0 radical (unpaired) electrons.